The second kappa shape index (κ2) is 11.5. The summed E-state index contributed by atoms with van der Waals surface area (Å²) in [7, 11) is 1.71. The Morgan fingerprint density at radius 3 is 2.43 bits per heavy atom. The van der Waals surface area contributed by atoms with Crippen molar-refractivity contribution in [2.24, 2.45) is 0 Å². The molecule has 0 spiro atoms. The molecule has 4 nitrogen and oxygen atoms in total. The number of aliphatic hydroxyl groups excluding tert-OH is 1. The van der Waals surface area contributed by atoms with Crippen LogP contribution in [0, 0.1) is 0 Å². The molecule has 0 saturated carbocycles. The van der Waals surface area contributed by atoms with E-state index in [1.165, 1.54) is 16.3 Å². The van der Waals surface area contributed by atoms with Crippen LogP contribution in [0.4, 0.5) is 0 Å². The van der Waals surface area contributed by atoms with E-state index in [1.54, 1.807) is 14.0 Å². The predicted octanol–water partition coefficient (Wildman–Crippen LogP) is -4.08. The maximum Gasteiger partial charge on any atom is 0.123 e. The third-order valence-electron chi connectivity index (χ3n) is 3.44. The Bertz CT molecular complexity index is 580. The lowest BCUT2D eigenvalue weighted by molar-refractivity contribution is -0.00100. The van der Waals surface area contributed by atoms with Gasteiger partial charge in [-0.3, -0.25) is 0 Å². The molecule has 0 aromatic heterocycles. The van der Waals surface area contributed by atoms with Gasteiger partial charge in [-0.2, -0.15) is 0 Å². The molecule has 2 aromatic carbocycles. The number of nitrogens with one attached hydrogen (secondary N) is 2. The van der Waals surface area contributed by atoms with Crippen LogP contribution in [0.1, 0.15) is 12.5 Å². The Morgan fingerprint density at radius 1 is 1.04 bits per heavy atom. The number of hydrogen-bond donors (Lipinski definition) is 3. The molecule has 130 valence electrons. The first-order chi connectivity index (χ1) is 10.2. The van der Waals surface area contributed by atoms with Crippen LogP contribution >= 0.6 is 0 Å². The molecule has 0 aliphatic heterocycles. The molecule has 0 radical (unpaired) electrons. The van der Waals surface area contributed by atoms with E-state index in [2.05, 4.69) is 34.9 Å². The molecule has 1 unspecified atom stereocenters. The highest BCUT2D eigenvalue weighted by Crippen LogP contribution is 2.27. The van der Waals surface area contributed by atoms with E-state index in [9.17, 15) is 5.11 Å². The molecule has 0 bridgehead atoms. The molecular weight excluding hydrogens is 335 g/mol. The molecule has 6 heteroatoms. The second-order valence-corrected chi connectivity index (χ2v) is 5.20. The molecule has 23 heavy (non-hydrogen) atoms. The van der Waals surface area contributed by atoms with Crippen LogP contribution in [0.3, 0.4) is 0 Å². The first-order valence-corrected chi connectivity index (χ1v) is 7.36. The average molecular weight is 359 g/mol. The first-order valence-electron chi connectivity index (χ1n) is 7.36. The van der Waals surface area contributed by atoms with Crippen LogP contribution in [0.5, 0.6) is 5.75 Å². The molecule has 0 heterocycles. The fourth-order valence-electron chi connectivity index (χ4n) is 2.39. The van der Waals surface area contributed by atoms with Gasteiger partial charge in [0.1, 0.15) is 5.75 Å². The van der Waals surface area contributed by atoms with Crippen LogP contribution in [0.15, 0.2) is 36.4 Å². The molecule has 3 N–H and O–H groups in total. The highest BCUT2D eigenvalue weighted by atomic mass is 35.5. The Balaban J connectivity index is 0.00000242. The maximum absolute atomic E-state index is 9.17. The fraction of sp³-hybridized carbons (Fsp3) is 0.412. The zero-order valence-electron chi connectivity index (χ0n) is 13.5. The summed E-state index contributed by atoms with van der Waals surface area (Å²) in [5, 5.41) is 18.2. The summed E-state index contributed by atoms with van der Waals surface area (Å²) in [6, 6.07) is 12.4. The lowest BCUT2D eigenvalue weighted by Gasteiger charge is -2.13. The van der Waals surface area contributed by atoms with Gasteiger partial charge in [0.15, 0.2) is 0 Å². The number of ether oxygens (including phenoxy) is 1. The Kier molecular flexibility index (Phi) is 11.0. The predicted molar refractivity (Wildman–Crippen MR) is 86.8 cm³/mol. The van der Waals surface area contributed by atoms with Crippen molar-refractivity contribution in [1.82, 2.24) is 10.6 Å². The van der Waals surface area contributed by atoms with Crippen molar-refractivity contribution < 1.29 is 34.7 Å². The average Bonchev–Trinajstić information content (AvgIpc) is 2.50. The van der Waals surface area contributed by atoms with Gasteiger partial charge in [-0.1, -0.05) is 30.3 Å². The minimum Gasteiger partial charge on any atom is -1.00 e. The van der Waals surface area contributed by atoms with Crippen molar-refractivity contribution in [2.75, 3.05) is 26.7 Å². The summed E-state index contributed by atoms with van der Waals surface area (Å²) >= 11 is 0. The lowest BCUT2D eigenvalue weighted by Crippen LogP contribution is -3.00. The summed E-state index contributed by atoms with van der Waals surface area (Å²) in [4.78, 5) is 0. The number of methoxy groups -OCH3 is 1. The third-order valence-corrected chi connectivity index (χ3v) is 3.44. The molecule has 0 saturated heterocycles. The number of aliphatic hydroxyl groups is 1. The van der Waals surface area contributed by atoms with E-state index in [0.29, 0.717) is 6.54 Å². The number of benzene rings is 2. The second-order valence-electron chi connectivity index (χ2n) is 5.20. The Labute approximate surface area is 150 Å². The van der Waals surface area contributed by atoms with Gasteiger partial charge in [0.05, 0.1) is 13.2 Å². The van der Waals surface area contributed by atoms with Crippen molar-refractivity contribution in [3.63, 3.8) is 0 Å². The zero-order valence-corrected chi connectivity index (χ0v) is 15.0. The van der Waals surface area contributed by atoms with Gasteiger partial charge >= 0.3 is 0 Å². The van der Waals surface area contributed by atoms with Crippen LogP contribution in [-0.2, 0) is 6.54 Å². The van der Waals surface area contributed by atoms with E-state index in [-0.39, 0.29) is 30.9 Å². The van der Waals surface area contributed by atoms with E-state index < -0.39 is 0 Å². The minimum atomic E-state index is -0.303. The van der Waals surface area contributed by atoms with Crippen molar-refractivity contribution in [3.05, 3.63) is 42.0 Å². The van der Waals surface area contributed by atoms with Gasteiger partial charge in [0, 0.05) is 31.7 Å². The summed E-state index contributed by atoms with van der Waals surface area (Å²) in [5.41, 5.74) is 1.19. The van der Waals surface area contributed by atoms with Crippen LogP contribution in [-0.4, -0.2) is 38.0 Å². The number of halogens is 2. The summed E-state index contributed by atoms with van der Waals surface area (Å²) in [5.74, 6) is 0.915. The van der Waals surface area contributed by atoms with Gasteiger partial charge in [0.25, 0.3) is 0 Å². The molecule has 1 atom stereocenters. The monoisotopic (exact) mass is 358 g/mol. The van der Waals surface area contributed by atoms with E-state index in [1.807, 2.05) is 12.1 Å². The topological polar surface area (TPSA) is 53.5 Å². The molecule has 0 aliphatic carbocycles. The maximum atomic E-state index is 9.17. The van der Waals surface area contributed by atoms with Crippen LogP contribution < -0.4 is 40.2 Å². The van der Waals surface area contributed by atoms with E-state index >= 15 is 0 Å². The molecule has 0 fully saturated rings. The highest BCUT2D eigenvalue weighted by molar-refractivity contribution is 5.87. The normalized spacial score (nSPS) is 11.4. The molecule has 0 aliphatic rings. The fourth-order valence-corrected chi connectivity index (χ4v) is 2.39. The van der Waals surface area contributed by atoms with Crippen LogP contribution in [0.2, 0.25) is 0 Å². The molecule has 2 rings (SSSR count). The van der Waals surface area contributed by atoms with Gasteiger partial charge in [-0.25, -0.2) is 0 Å². The van der Waals surface area contributed by atoms with E-state index in [0.717, 1.165) is 25.4 Å². The standard InChI is InChI=1S/C17H24N2O2.2ClH/c1-13(20)11-18-9-10-19-12-16-15-6-4-3-5-14(15)7-8-17(16)21-2;;/h3-8,13,18-20H,9-12H2,1-2H3;2*1H/p-2. The SMILES string of the molecule is COc1ccc2ccccc2c1CNCCNCC(C)O.[Cl-].[Cl-]. The van der Waals surface area contributed by atoms with Gasteiger partial charge in [-0.15, -0.1) is 0 Å². The number of fused-ring (bicyclic) bond motifs is 1. The van der Waals surface area contributed by atoms with Crippen molar-refractivity contribution in [1.29, 1.82) is 0 Å². The number of hydrogen-bond acceptors (Lipinski definition) is 4. The van der Waals surface area contributed by atoms with Gasteiger partial charge in [-0.05, 0) is 23.8 Å². The Morgan fingerprint density at radius 2 is 1.74 bits per heavy atom. The smallest absolute Gasteiger partial charge is 0.123 e. The number of rotatable bonds is 8. The highest BCUT2D eigenvalue weighted by Gasteiger charge is 2.07. The van der Waals surface area contributed by atoms with Crippen LogP contribution in [0.25, 0.3) is 10.8 Å². The van der Waals surface area contributed by atoms with Crippen molar-refractivity contribution in [3.8, 4) is 5.75 Å². The summed E-state index contributed by atoms with van der Waals surface area (Å²) < 4.78 is 5.47. The van der Waals surface area contributed by atoms with Crippen molar-refractivity contribution >= 4 is 10.8 Å². The molecular formula is C17H24Cl2N2O2-2. The van der Waals surface area contributed by atoms with Crippen molar-refractivity contribution in [2.45, 2.75) is 19.6 Å². The van der Waals surface area contributed by atoms with Gasteiger partial charge < -0.3 is 45.3 Å². The molecule has 0 amide bonds. The lowest BCUT2D eigenvalue weighted by atomic mass is 10.0. The zero-order chi connectivity index (χ0) is 15.1. The molecule has 2 aromatic rings. The summed E-state index contributed by atoms with van der Waals surface area (Å²) in [6.45, 7) is 4.85. The third kappa shape index (κ3) is 6.53. The summed E-state index contributed by atoms with van der Waals surface area (Å²) in [6.07, 6.45) is -0.303. The minimum absolute atomic E-state index is 0. The first kappa shape index (κ1) is 22.0. The van der Waals surface area contributed by atoms with Gasteiger partial charge in [0.2, 0.25) is 0 Å². The quantitative estimate of drug-likeness (QED) is 0.420. The Hall–Kier alpha value is -1.04. The largest absolute Gasteiger partial charge is 1.00 e. The van der Waals surface area contributed by atoms with E-state index in [4.69, 9.17) is 4.74 Å².